The summed E-state index contributed by atoms with van der Waals surface area (Å²) in [7, 11) is 0. The van der Waals surface area contributed by atoms with Gasteiger partial charge in [-0.15, -0.1) is 11.3 Å². The minimum atomic E-state index is -0.994. The molecule has 8 heteroatoms. The first-order chi connectivity index (χ1) is 11.6. The van der Waals surface area contributed by atoms with Crippen LogP contribution in [0, 0.1) is 0 Å². The summed E-state index contributed by atoms with van der Waals surface area (Å²) in [4.78, 5) is 23.7. The van der Waals surface area contributed by atoms with Crippen molar-refractivity contribution in [3.8, 4) is 10.6 Å². The molecular weight excluding hydrogens is 328 g/mol. The van der Waals surface area contributed by atoms with E-state index in [0.29, 0.717) is 5.56 Å². The van der Waals surface area contributed by atoms with Crippen LogP contribution in [0.5, 0.6) is 0 Å². The molecular formula is C16H12N4O3S. The molecule has 0 bridgehead atoms. The lowest BCUT2D eigenvalue weighted by molar-refractivity contribution is 0.0696. The summed E-state index contributed by atoms with van der Waals surface area (Å²) in [6, 6.07) is 11.6. The SMILES string of the molecule is O=C(O)c1ccc(/C=N\NC(=O)c2cc(-c3cccs3)[nH]n2)cc1. The maximum Gasteiger partial charge on any atom is 0.335 e. The molecule has 2 heterocycles. The number of hydrogen-bond acceptors (Lipinski definition) is 5. The average molecular weight is 340 g/mol. The van der Waals surface area contributed by atoms with E-state index in [1.165, 1.54) is 18.3 Å². The standard InChI is InChI=1S/C16H12N4O3S/c21-15(13-8-12(18-19-13)14-2-1-7-24-14)20-17-9-10-3-5-11(6-4-10)16(22)23/h1-9H,(H,18,19)(H,20,21)(H,22,23)/b17-9-. The number of aromatic nitrogens is 2. The summed E-state index contributed by atoms with van der Waals surface area (Å²) in [5, 5.41) is 21.4. The predicted octanol–water partition coefficient (Wildman–Crippen LogP) is 2.60. The number of H-pyrrole nitrogens is 1. The largest absolute Gasteiger partial charge is 0.478 e. The van der Waals surface area contributed by atoms with Gasteiger partial charge >= 0.3 is 5.97 Å². The maximum atomic E-state index is 12.0. The van der Waals surface area contributed by atoms with Crippen LogP contribution in [0.2, 0.25) is 0 Å². The molecule has 3 rings (SSSR count). The Bertz CT molecular complexity index is 882. The molecule has 120 valence electrons. The number of aromatic amines is 1. The van der Waals surface area contributed by atoms with Gasteiger partial charge in [-0.1, -0.05) is 18.2 Å². The van der Waals surface area contributed by atoms with Crippen LogP contribution in [0.4, 0.5) is 0 Å². The van der Waals surface area contributed by atoms with E-state index in [9.17, 15) is 9.59 Å². The average Bonchev–Trinajstić information content (AvgIpc) is 3.26. The maximum absolute atomic E-state index is 12.0. The van der Waals surface area contributed by atoms with Gasteiger partial charge in [0.15, 0.2) is 5.69 Å². The van der Waals surface area contributed by atoms with Crippen molar-refractivity contribution in [3.63, 3.8) is 0 Å². The summed E-state index contributed by atoms with van der Waals surface area (Å²) in [5.41, 5.74) is 4.24. The molecule has 0 unspecified atom stereocenters. The number of aromatic carboxylic acids is 1. The van der Waals surface area contributed by atoms with Crippen LogP contribution >= 0.6 is 11.3 Å². The van der Waals surface area contributed by atoms with Gasteiger partial charge in [0.2, 0.25) is 0 Å². The Balaban J connectivity index is 1.62. The summed E-state index contributed by atoms with van der Waals surface area (Å²) in [5.74, 6) is -1.43. The van der Waals surface area contributed by atoms with E-state index >= 15 is 0 Å². The fraction of sp³-hybridized carbons (Fsp3) is 0. The molecule has 0 fully saturated rings. The fourth-order valence-electron chi connectivity index (χ4n) is 1.93. The lowest BCUT2D eigenvalue weighted by Gasteiger charge is -1.97. The molecule has 7 nitrogen and oxygen atoms in total. The molecule has 1 aromatic carbocycles. The second kappa shape index (κ2) is 6.88. The number of nitrogens with zero attached hydrogens (tertiary/aromatic N) is 2. The Morgan fingerprint density at radius 2 is 2.04 bits per heavy atom. The summed E-state index contributed by atoms with van der Waals surface area (Å²) < 4.78 is 0. The highest BCUT2D eigenvalue weighted by atomic mass is 32.1. The molecule has 0 aliphatic carbocycles. The third-order valence-electron chi connectivity index (χ3n) is 3.13. The van der Waals surface area contributed by atoms with Crippen molar-refractivity contribution in [2.24, 2.45) is 5.10 Å². The lowest BCUT2D eigenvalue weighted by atomic mass is 10.1. The highest BCUT2D eigenvalue weighted by Crippen LogP contribution is 2.22. The van der Waals surface area contributed by atoms with E-state index in [4.69, 9.17) is 5.11 Å². The van der Waals surface area contributed by atoms with E-state index in [2.05, 4.69) is 20.7 Å². The Hall–Kier alpha value is -3.26. The van der Waals surface area contributed by atoms with E-state index in [-0.39, 0.29) is 11.3 Å². The summed E-state index contributed by atoms with van der Waals surface area (Å²) in [6.07, 6.45) is 1.43. The van der Waals surface area contributed by atoms with Gasteiger partial charge in [-0.3, -0.25) is 9.89 Å². The van der Waals surface area contributed by atoms with Crippen molar-refractivity contribution in [2.45, 2.75) is 0 Å². The lowest BCUT2D eigenvalue weighted by Crippen LogP contribution is -2.18. The van der Waals surface area contributed by atoms with Gasteiger partial charge in [-0.25, -0.2) is 10.2 Å². The molecule has 3 aromatic rings. The molecule has 0 saturated carbocycles. The number of carboxylic acids is 1. The molecule has 0 spiro atoms. The molecule has 0 saturated heterocycles. The number of benzene rings is 1. The first-order valence-electron chi connectivity index (χ1n) is 6.89. The minimum absolute atomic E-state index is 0.189. The molecule has 2 aromatic heterocycles. The second-order valence-corrected chi connectivity index (χ2v) is 5.72. The molecule has 0 aliphatic rings. The Kier molecular flexibility index (Phi) is 4.48. The van der Waals surface area contributed by atoms with Crippen LogP contribution in [0.3, 0.4) is 0 Å². The highest BCUT2D eigenvalue weighted by molar-refractivity contribution is 7.13. The third-order valence-corrected chi connectivity index (χ3v) is 4.04. The van der Waals surface area contributed by atoms with Gasteiger partial charge in [0.05, 0.1) is 22.3 Å². The highest BCUT2D eigenvalue weighted by Gasteiger charge is 2.11. The number of thiophene rings is 1. The molecule has 24 heavy (non-hydrogen) atoms. The van der Waals surface area contributed by atoms with Gasteiger partial charge in [-0.05, 0) is 35.2 Å². The van der Waals surface area contributed by atoms with E-state index in [0.717, 1.165) is 10.6 Å². The van der Waals surface area contributed by atoms with E-state index in [1.54, 1.807) is 29.5 Å². The predicted molar refractivity (Wildman–Crippen MR) is 90.4 cm³/mol. The zero-order valence-corrected chi connectivity index (χ0v) is 13.1. The Morgan fingerprint density at radius 3 is 2.71 bits per heavy atom. The molecule has 0 radical (unpaired) electrons. The van der Waals surface area contributed by atoms with Crippen LogP contribution in [-0.2, 0) is 0 Å². The first kappa shape index (κ1) is 15.6. The molecule has 0 atom stereocenters. The van der Waals surface area contributed by atoms with Crippen LogP contribution in [0.15, 0.2) is 52.9 Å². The van der Waals surface area contributed by atoms with Gasteiger partial charge in [0.25, 0.3) is 5.91 Å². The number of rotatable bonds is 5. The zero-order valence-electron chi connectivity index (χ0n) is 12.3. The molecule has 0 aliphatic heterocycles. The van der Waals surface area contributed by atoms with Crippen molar-refractivity contribution in [2.75, 3.05) is 0 Å². The van der Waals surface area contributed by atoms with Gasteiger partial charge in [0.1, 0.15) is 0 Å². The van der Waals surface area contributed by atoms with Crippen molar-refractivity contribution >= 4 is 29.4 Å². The van der Waals surface area contributed by atoms with Crippen molar-refractivity contribution in [3.05, 3.63) is 64.7 Å². The number of hydrazone groups is 1. The third kappa shape index (κ3) is 3.55. The first-order valence-corrected chi connectivity index (χ1v) is 7.77. The minimum Gasteiger partial charge on any atom is -0.478 e. The number of carbonyl (C=O) groups excluding carboxylic acids is 1. The van der Waals surface area contributed by atoms with Crippen molar-refractivity contribution < 1.29 is 14.7 Å². The summed E-state index contributed by atoms with van der Waals surface area (Å²) in [6.45, 7) is 0. The normalized spacial score (nSPS) is 10.8. The van der Waals surface area contributed by atoms with Gasteiger partial charge < -0.3 is 5.11 Å². The number of amides is 1. The molecule has 1 amide bonds. The Morgan fingerprint density at radius 1 is 1.25 bits per heavy atom. The van der Waals surface area contributed by atoms with Gasteiger partial charge in [-0.2, -0.15) is 10.2 Å². The van der Waals surface area contributed by atoms with Crippen molar-refractivity contribution in [1.82, 2.24) is 15.6 Å². The van der Waals surface area contributed by atoms with E-state index < -0.39 is 11.9 Å². The number of nitrogens with one attached hydrogen (secondary N) is 2. The topological polar surface area (TPSA) is 107 Å². The second-order valence-electron chi connectivity index (χ2n) is 4.77. The Labute approximate surface area is 140 Å². The number of carboxylic acid groups (broad SMARTS) is 1. The van der Waals surface area contributed by atoms with Crippen molar-refractivity contribution in [1.29, 1.82) is 0 Å². The van der Waals surface area contributed by atoms with Gasteiger partial charge in [0, 0.05) is 0 Å². The van der Waals surface area contributed by atoms with Crippen LogP contribution < -0.4 is 5.43 Å². The zero-order chi connectivity index (χ0) is 16.9. The smallest absolute Gasteiger partial charge is 0.335 e. The van der Waals surface area contributed by atoms with Crippen LogP contribution in [0.1, 0.15) is 26.4 Å². The van der Waals surface area contributed by atoms with Crippen LogP contribution in [0.25, 0.3) is 10.6 Å². The fourth-order valence-corrected chi connectivity index (χ4v) is 2.62. The quantitative estimate of drug-likeness (QED) is 0.490. The number of hydrogen-bond donors (Lipinski definition) is 3. The van der Waals surface area contributed by atoms with E-state index in [1.807, 2.05) is 17.5 Å². The number of carbonyl (C=O) groups is 2. The summed E-state index contributed by atoms with van der Waals surface area (Å²) >= 11 is 1.54. The van der Waals surface area contributed by atoms with Crippen LogP contribution in [-0.4, -0.2) is 33.4 Å². The molecule has 3 N–H and O–H groups in total. The monoisotopic (exact) mass is 340 g/mol.